The Morgan fingerprint density at radius 2 is 1.27 bits per heavy atom. The standard InChI is InChI=1S/C39H65NO5/c1-4-5-6-7-8-9-10-11-15-18-24-29-36(31-37(41)40-32-39(43)44-33-35-27-22-20-23-28-35)45-38(42)30-25-19-16-13-12-14-17-21-26-34(2)3/h20,22-23,26-28,36H,4-19,21,24-25,29-33H2,1-3H3,(H,40,41). The summed E-state index contributed by atoms with van der Waals surface area (Å²) < 4.78 is 11.1. The quantitative estimate of drug-likeness (QED) is 0.0543. The monoisotopic (exact) mass is 627 g/mol. The Balaban J connectivity index is 2.34. The lowest BCUT2D eigenvalue weighted by molar-refractivity contribution is -0.152. The lowest BCUT2D eigenvalue weighted by Gasteiger charge is -2.18. The highest BCUT2D eigenvalue weighted by Gasteiger charge is 2.19. The molecule has 0 spiro atoms. The van der Waals surface area contributed by atoms with Gasteiger partial charge in [-0.3, -0.25) is 14.4 Å². The Morgan fingerprint density at radius 1 is 0.711 bits per heavy atom. The number of allylic oxidation sites excluding steroid dienone is 2. The van der Waals surface area contributed by atoms with Gasteiger partial charge in [-0.25, -0.2) is 0 Å². The Morgan fingerprint density at radius 3 is 1.87 bits per heavy atom. The number of unbranched alkanes of at least 4 members (excludes halogenated alkanes) is 17. The van der Waals surface area contributed by atoms with E-state index in [4.69, 9.17) is 9.47 Å². The van der Waals surface area contributed by atoms with E-state index < -0.39 is 12.1 Å². The van der Waals surface area contributed by atoms with E-state index >= 15 is 0 Å². The highest BCUT2D eigenvalue weighted by atomic mass is 16.5. The van der Waals surface area contributed by atoms with E-state index in [1.807, 2.05) is 30.3 Å². The summed E-state index contributed by atoms with van der Waals surface area (Å²) in [5.41, 5.74) is 2.29. The van der Waals surface area contributed by atoms with Crippen molar-refractivity contribution >= 4 is 17.8 Å². The maximum Gasteiger partial charge on any atom is 0.325 e. The van der Waals surface area contributed by atoms with E-state index in [9.17, 15) is 14.4 Å². The maximum atomic E-state index is 12.7. The molecule has 1 N–H and O–H groups in total. The summed E-state index contributed by atoms with van der Waals surface area (Å²) in [6.07, 6.45) is 25.8. The number of ether oxygens (including phenoxy) is 2. The molecule has 6 nitrogen and oxygen atoms in total. The first-order chi connectivity index (χ1) is 21.9. The number of carbonyl (C=O) groups is 3. The lowest BCUT2D eigenvalue weighted by atomic mass is 10.0. The molecule has 0 aliphatic carbocycles. The van der Waals surface area contributed by atoms with Crippen molar-refractivity contribution in [3.05, 3.63) is 47.5 Å². The number of nitrogens with one attached hydrogen (secondary N) is 1. The minimum Gasteiger partial charge on any atom is -0.462 e. The predicted octanol–water partition coefficient (Wildman–Crippen LogP) is 10.3. The number of benzene rings is 1. The van der Waals surface area contributed by atoms with Crippen LogP contribution < -0.4 is 5.32 Å². The molecule has 0 aromatic heterocycles. The van der Waals surface area contributed by atoms with Crippen LogP contribution in [0.1, 0.15) is 168 Å². The molecule has 0 saturated carbocycles. The molecular weight excluding hydrogens is 562 g/mol. The van der Waals surface area contributed by atoms with E-state index in [1.165, 1.54) is 95.5 Å². The van der Waals surface area contributed by atoms with Crippen molar-refractivity contribution < 1.29 is 23.9 Å². The van der Waals surface area contributed by atoms with E-state index in [0.717, 1.165) is 37.7 Å². The molecule has 1 aromatic rings. The van der Waals surface area contributed by atoms with Gasteiger partial charge in [0.2, 0.25) is 5.91 Å². The number of hydrogen-bond acceptors (Lipinski definition) is 5. The van der Waals surface area contributed by atoms with Crippen LogP contribution >= 0.6 is 0 Å². The molecule has 1 aromatic carbocycles. The lowest BCUT2D eigenvalue weighted by Crippen LogP contribution is -2.34. The molecule has 6 heteroatoms. The summed E-state index contributed by atoms with van der Waals surface area (Å²) >= 11 is 0. The summed E-state index contributed by atoms with van der Waals surface area (Å²) in [7, 11) is 0. The van der Waals surface area contributed by atoms with Crippen molar-refractivity contribution in [2.45, 2.75) is 175 Å². The molecule has 1 unspecified atom stereocenters. The van der Waals surface area contributed by atoms with Gasteiger partial charge in [0.15, 0.2) is 0 Å². The van der Waals surface area contributed by atoms with E-state index in [2.05, 4.69) is 32.2 Å². The van der Waals surface area contributed by atoms with Gasteiger partial charge in [-0.15, -0.1) is 0 Å². The molecule has 0 bridgehead atoms. The van der Waals surface area contributed by atoms with Crippen LogP contribution in [-0.4, -0.2) is 30.5 Å². The van der Waals surface area contributed by atoms with E-state index in [0.29, 0.717) is 12.8 Å². The fraction of sp³-hybridized carbons (Fsp3) is 0.718. The average Bonchev–Trinajstić information content (AvgIpc) is 3.02. The maximum absolute atomic E-state index is 12.7. The molecular formula is C39H65NO5. The molecule has 0 saturated heterocycles. The Kier molecular flexibility index (Phi) is 25.9. The number of hydrogen-bond donors (Lipinski definition) is 1. The third-order valence-corrected chi connectivity index (χ3v) is 8.15. The highest BCUT2D eigenvalue weighted by Crippen LogP contribution is 2.17. The van der Waals surface area contributed by atoms with Crippen LogP contribution in [-0.2, 0) is 30.5 Å². The summed E-state index contributed by atoms with van der Waals surface area (Å²) in [6, 6.07) is 9.44. The third-order valence-electron chi connectivity index (χ3n) is 8.15. The van der Waals surface area contributed by atoms with Gasteiger partial charge in [0.25, 0.3) is 0 Å². The first-order valence-corrected chi connectivity index (χ1v) is 18.2. The number of esters is 2. The van der Waals surface area contributed by atoms with Crippen LogP contribution in [0.5, 0.6) is 0 Å². The molecule has 256 valence electrons. The molecule has 0 heterocycles. The minimum atomic E-state index is -0.487. The van der Waals surface area contributed by atoms with Crippen molar-refractivity contribution in [2.24, 2.45) is 0 Å². The second-order valence-corrected chi connectivity index (χ2v) is 12.9. The normalized spacial score (nSPS) is 11.5. The number of amides is 1. The van der Waals surface area contributed by atoms with Gasteiger partial charge in [0.05, 0.1) is 6.42 Å². The van der Waals surface area contributed by atoms with E-state index in [1.54, 1.807) is 0 Å². The molecule has 45 heavy (non-hydrogen) atoms. The zero-order valence-corrected chi connectivity index (χ0v) is 29.1. The molecule has 0 aliphatic heterocycles. The van der Waals surface area contributed by atoms with Gasteiger partial charge in [0.1, 0.15) is 19.3 Å². The van der Waals surface area contributed by atoms with Crippen LogP contribution in [0.15, 0.2) is 42.0 Å². The van der Waals surface area contributed by atoms with Crippen LogP contribution in [0.2, 0.25) is 0 Å². The minimum absolute atomic E-state index is 0.0716. The molecule has 1 atom stereocenters. The molecule has 0 radical (unpaired) electrons. The SMILES string of the molecule is CCCCCCCCCCCCCC(CC(=O)NCC(=O)OCc1ccccc1)OC(=O)CCCCCCCCCC=C(C)C. The first kappa shape index (κ1) is 40.4. The van der Waals surface area contributed by atoms with Crippen LogP contribution in [0.25, 0.3) is 0 Å². The van der Waals surface area contributed by atoms with Crippen LogP contribution in [0.4, 0.5) is 0 Å². The summed E-state index contributed by atoms with van der Waals surface area (Å²) in [5, 5.41) is 2.65. The van der Waals surface area contributed by atoms with Crippen molar-refractivity contribution in [2.75, 3.05) is 6.54 Å². The van der Waals surface area contributed by atoms with Crippen molar-refractivity contribution in [3.63, 3.8) is 0 Å². The van der Waals surface area contributed by atoms with Crippen LogP contribution in [0.3, 0.4) is 0 Å². The smallest absolute Gasteiger partial charge is 0.325 e. The second kappa shape index (κ2) is 28.8. The highest BCUT2D eigenvalue weighted by molar-refractivity contribution is 5.82. The molecule has 0 fully saturated rings. The topological polar surface area (TPSA) is 81.7 Å². The Labute approximate surface area is 275 Å². The van der Waals surface area contributed by atoms with Gasteiger partial charge >= 0.3 is 11.9 Å². The Bertz CT molecular complexity index is 909. The third kappa shape index (κ3) is 26.3. The van der Waals surface area contributed by atoms with E-state index in [-0.39, 0.29) is 31.4 Å². The van der Waals surface area contributed by atoms with Crippen molar-refractivity contribution in [1.29, 1.82) is 0 Å². The average molecular weight is 628 g/mol. The fourth-order valence-corrected chi connectivity index (χ4v) is 5.41. The van der Waals surface area contributed by atoms with Gasteiger partial charge in [-0.2, -0.15) is 0 Å². The van der Waals surface area contributed by atoms with Gasteiger partial charge < -0.3 is 14.8 Å². The predicted molar refractivity (Wildman–Crippen MR) is 186 cm³/mol. The van der Waals surface area contributed by atoms with Gasteiger partial charge in [0, 0.05) is 6.42 Å². The summed E-state index contributed by atoms with van der Waals surface area (Å²) in [4.78, 5) is 37.4. The number of rotatable bonds is 29. The van der Waals surface area contributed by atoms with Crippen molar-refractivity contribution in [3.8, 4) is 0 Å². The van der Waals surface area contributed by atoms with Gasteiger partial charge in [-0.05, 0) is 51.5 Å². The molecule has 1 rings (SSSR count). The molecule has 1 amide bonds. The summed E-state index contributed by atoms with van der Waals surface area (Å²) in [5.74, 6) is -1.00. The zero-order chi connectivity index (χ0) is 32.8. The largest absolute Gasteiger partial charge is 0.462 e. The van der Waals surface area contributed by atoms with Gasteiger partial charge in [-0.1, -0.05) is 145 Å². The first-order valence-electron chi connectivity index (χ1n) is 18.2. The second-order valence-electron chi connectivity index (χ2n) is 12.9. The fourth-order valence-electron chi connectivity index (χ4n) is 5.41. The molecule has 0 aliphatic rings. The van der Waals surface area contributed by atoms with Crippen LogP contribution in [0, 0.1) is 0 Å². The Hall–Kier alpha value is -2.63. The summed E-state index contributed by atoms with van der Waals surface area (Å²) in [6.45, 7) is 6.52. The zero-order valence-electron chi connectivity index (χ0n) is 29.1. The number of carbonyl (C=O) groups excluding carboxylic acids is 3. The van der Waals surface area contributed by atoms with Crippen molar-refractivity contribution in [1.82, 2.24) is 5.32 Å².